The number of ether oxygens (including phenoxy) is 1. The summed E-state index contributed by atoms with van der Waals surface area (Å²) in [5.41, 5.74) is 1.48. The van der Waals surface area contributed by atoms with Crippen LogP contribution in [0.1, 0.15) is 11.3 Å². The van der Waals surface area contributed by atoms with E-state index >= 15 is 0 Å². The minimum Gasteiger partial charge on any atom is -0.490 e. The average Bonchev–Trinajstić information content (AvgIpc) is 2.75. The number of anilines is 1. The van der Waals surface area contributed by atoms with Gasteiger partial charge in [0.1, 0.15) is 0 Å². The first kappa shape index (κ1) is 14.8. The van der Waals surface area contributed by atoms with Gasteiger partial charge in [0.05, 0.1) is 29.5 Å². The highest BCUT2D eigenvalue weighted by molar-refractivity contribution is 5.59. The standard InChI is InChI=1S/C13H15FN4O3/c1-8-9(7-17(2)16-8)6-15-11-5-13(21-3)12(18(19)20)4-10(11)14/h4-5,7,15H,6H2,1-3H3. The van der Waals surface area contributed by atoms with Gasteiger partial charge in [0, 0.05) is 31.4 Å². The number of nitro groups is 1. The first-order chi connectivity index (χ1) is 9.92. The Morgan fingerprint density at radius 2 is 2.24 bits per heavy atom. The number of nitrogens with zero attached hydrogens (tertiary/aromatic N) is 3. The van der Waals surface area contributed by atoms with E-state index in [0.717, 1.165) is 17.3 Å². The van der Waals surface area contributed by atoms with Crippen LogP contribution in [-0.4, -0.2) is 21.8 Å². The Kier molecular flexibility index (Phi) is 4.06. The fraction of sp³-hybridized carbons (Fsp3) is 0.308. The molecule has 0 radical (unpaired) electrons. The number of methoxy groups -OCH3 is 1. The highest BCUT2D eigenvalue weighted by atomic mass is 19.1. The molecule has 0 spiro atoms. The predicted octanol–water partition coefficient (Wildman–Crippen LogP) is 2.40. The van der Waals surface area contributed by atoms with E-state index in [9.17, 15) is 14.5 Å². The zero-order valence-corrected chi connectivity index (χ0v) is 11.9. The average molecular weight is 294 g/mol. The number of hydrogen-bond donors (Lipinski definition) is 1. The Balaban J connectivity index is 2.24. The van der Waals surface area contributed by atoms with Crippen molar-refractivity contribution in [3.63, 3.8) is 0 Å². The molecule has 112 valence electrons. The molecule has 0 amide bonds. The first-order valence-electron chi connectivity index (χ1n) is 6.17. The maximum atomic E-state index is 13.9. The minimum absolute atomic E-state index is 0.00630. The topological polar surface area (TPSA) is 82.2 Å². The smallest absolute Gasteiger partial charge is 0.313 e. The Bertz CT molecular complexity index is 684. The van der Waals surface area contributed by atoms with E-state index in [0.29, 0.717) is 6.54 Å². The number of halogens is 1. The minimum atomic E-state index is -0.705. The quantitative estimate of drug-likeness (QED) is 0.676. The summed E-state index contributed by atoms with van der Waals surface area (Å²) in [4.78, 5) is 10.1. The van der Waals surface area contributed by atoms with E-state index in [2.05, 4.69) is 10.4 Å². The van der Waals surface area contributed by atoms with Crippen molar-refractivity contribution in [2.24, 2.45) is 7.05 Å². The molecular weight excluding hydrogens is 279 g/mol. The summed E-state index contributed by atoms with van der Waals surface area (Å²) in [7, 11) is 3.10. The molecule has 0 aliphatic rings. The van der Waals surface area contributed by atoms with Crippen molar-refractivity contribution in [1.82, 2.24) is 9.78 Å². The predicted molar refractivity (Wildman–Crippen MR) is 74.9 cm³/mol. The lowest BCUT2D eigenvalue weighted by Gasteiger charge is -2.09. The SMILES string of the molecule is COc1cc(NCc2cn(C)nc2C)c(F)cc1[N+](=O)[O-]. The van der Waals surface area contributed by atoms with Gasteiger partial charge in [-0.15, -0.1) is 0 Å². The van der Waals surface area contributed by atoms with Crippen molar-refractivity contribution >= 4 is 11.4 Å². The molecule has 2 aromatic rings. The molecule has 7 nitrogen and oxygen atoms in total. The summed E-state index contributed by atoms with van der Waals surface area (Å²) in [6, 6.07) is 2.12. The molecule has 1 heterocycles. The fourth-order valence-corrected chi connectivity index (χ4v) is 2.00. The summed E-state index contributed by atoms with van der Waals surface area (Å²) in [6.07, 6.45) is 1.82. The summed E-state index contributed by atoms with van der Waals surface area (Å²) >= 11 is 0. The summed E-state index contributed by atoms with van der Waals surface area (Å²) in [5.74, 6) is -0.698. The number of nitrogens with one attached hydrogen (secondary N) is 1. The van der Waals surface area contributed by atoms with E-state index in [1.165, 1.54) is 13.2 Å². The van der Waals surface area contributed by atoms with Crippen LogP contribution in [-0.2, 0) is 13.6 Å². The Hall–Kier alpha value is -2.64. The van der Waals surface area contributed by atoms with Gasteiger partial charge >= 0.3 is 5.69 Å². The third kappa shape index (κ3) is 3.10. The normalized spacial score (nSPS) is 10.5. The third-order valence-electron chi connectivity index (χ3n) is 3.05. The van der Waals surface area contributed by atoms with E-state index in [-0.39, 0.29) is 11.4 Å². The number of benzene rings is 1. The molecule has 0 saturated carbocycles. The van der Waals surface area contributed by atoms with E-state index in [4.69, 9.17) is 4.74 Å². The van der Waals surface area contributed by atoms with Crippen molar-refractivity contribution in [2.45, 2.75) is 13.5 Å². The molecule has 0 fully saturated rings. The number of rotatable bonds is 5. The van der Waals surface area contributed by atoms with Gasteiger partial charge in [0.25, 0.3) is 0 Å². The van der Waals surface area contributed by atoms with Crippen molar-refractivity contribution in [3.05, 3.63) is 45.5 Å². The molecule has 0 atom stereocenters. The number of nitro benzene ring substituents is 1. The molecule has 1 aromatic heterocycles. The van der Waals surface area contributed by atoms with Crippen LogP contribution in [0.15, 0.2) is 18.3 Å². The van der Waals surface area contributed by atoms with Crippen LogP contribution < -0.4 is 10.1 Å². The van der Waals surface area contributed by atoms with Gasteiger partial charge in [-0.05, 0) is 6.92 Å². The molecule has 1 N–H and O–H groups in total. The van der Waals surface area contributed by atoms with Crippen molar-refractivity contribution in [3.8, 4) is 5.75 Å². The molecule has 21 heavy (non-hydrogen) atoms. The van der Waals surface area contributed by atoms with E-state index in [1.54, 1.807) is 11.7 Å². The molecule has 8 heteroatoms. The van der Waals surface area contributed by atoms with Crippen LogP contribution in [0.3, 0.4) is 0 Å². The molecule has 0 aliphatic carbocycles. The molecule has 2 rings (SSSR count). The van der Waals surface area contributed by atoms with Gasteiger partial charge in [-0.25, -0.2) is 4.39 Å². The van der Waals surface area contributed by atoms with Crippen LogP contribution in [0.4, 0.5) is 15.8 Å². The van der Waals surface area contributed by atoms with Crippen LogP contribution in [0.25, 0.3) is 0 Å². The number of aromatic nitrogens is 2. The van der Waals surface area contributed by atoms with Crippen LogP contribution >= 0.6 is 0 Å². The van der Waals surface area contributed by atoms with E-state index in [1.807, 2.05) is 13.1 Å². The summed E-state index contributed by atoms with van der Waals surface area (Å²) in [6.45, 7) is 2.21. The van der Waals surface area contributed by atoms with Crippen LogP contribution in [0, 0.1) is 22.9 Å². The Morgan fingerprint density at radius 3 is 2.76 bits per heavy atom. The maximum absolute atomic E-state index is 13.9. The van der Waals surface area contributed by atoms with Gasteiger partial charge in [-0.1, -0.05) is 0 Å². The first-order valence-corrected chi connectivity index (χ1v) is 6.17. The maximum Gasteiger partial charge on any atom is 0.313 e. The molecule has 0 saturated heterocycles. The monoisotopic (exact) mass is 294 g/mol. The Labute approximate surface area is 120 Å². The van der Waals surface area contributed by atoms with Gasteiger partial charge < -0.3 is 10.1 Å². The van der Waals surface area contributed by atoms with Gasteiger partial charge in [-0.2, -0.15) is 5.10 Å². The zero-order valence-electron chi connectivity index (χ0n) is 11.9. The number of aryl methyl sites for hydroxylation is 2. The fourth-order valence-electron chi connectivity index (χ4n) is 2.00. The zero-order chi connectivity index (χ0) is 15.6. The lowest BCUT2D eigenvalue weighted by atomic mass is 10.2. The molecule has 0 bridgehead atoms. The molecule has 0 unspecified atom stereocenters. The van der Waals surface area contributed by atoms with Crippen molar-refractivity contribution in [1.29, 1.82) is 0 Å². The lowest BCUT2D eigenvalue weighted by Crippen LogP contribution is -2.04. The van der Waals surface area contributed by atoms with Gasteiger partial charge in [0.15, 0.2) is 11.6 Å². The third-order valence-corrected chi connectivity index (χ3v) is 3.05. The second-order valence-electron chi connectivity index (χ2n) is 4.53. The summed E-state index contributed by atoms with van der Waals surface area (Å²) in [5, 5.41) is 17.9. The summed E-state index contributed by atoms with van der Waals surface area (Å²) < 4.78 is 20.5. The highest BCUT2D eigenvalue weighted by Crippen LogP contribution is 2.32. The second kappa shape index (κ2) is 5.78. The Morgan fingerprint density at radius 1 is 1.52 bits per heavy atom. The number of hydrogen-bond acceptors (Lipinski definition) is 5. The second-order valence-corrected chi connectivity index (χ2v) is 4.53. The molecular formula is C13H15FN4O3. The largest absolute Gasteiger partial charge is 0.490 e. The van der Waals surface area contributed by atoms with Crippen LogP contribution in [0.2, 0.25) is 0 Å². The molecule has 1 aromatic carbocycles. The van der Waals surface area contributed by atoms with Crippen molar-refractivity contribution in [2.75, 3.05) is 12.4 Å². The lowest BCUT2D eigenvalue weighted by molar-refractivity contribution is -0.385. The van der Waals surface area contributed by atoms with Crippen LogP contribution in [0.5, 0.6) is 5.75 Å². The van der Waals surface area contributed by atoms with E-state index < -0.39 is 16.4 Å². The highest BCUT2D eigenvalue weighted by Gasteiger charge is 2.19. The van der Waals surface area contributed by atoms with Crippen molar-refractivity contribution < 1.29 is 14.1 Å². The molecule has 0 aliphatic heterocycles. The van der Waals surface area contributed by atoms with Gasteiger partial charge in [0.2, 0.25) is 0 Å². The van der Waals surface area contributed by atoms with Gasteiger partial charge in [-0.3, -0.25) is 14.8 Å².